The first-order valence-electron chi connectivity index (χ1n) is 9.05. The number of thiazole rings is 1. The van der Waals surface area contributed by atoms with Crippen molar-refractivity contribution in [2.24, 2.45) is 0 Å². The average molecular weight is 388 g/mol. The Kier molecular flexibility index (Phi) is 5.08. The molecule has 0 aliphatic rings. The largest absolute Gasteiger partial charge is 0.457 e. The van der Waals surface area contributed by atoms with Gasteiger partial charge in [-0.05, 0) is 43.2 Å². The quantitative estimate of drug-likeness (QED) is 0.443. The van der Waals surface area contributed by atoms with E-state index in [2.05, 4.69) is 41.5 Å². The van der Waals surface area contributed by atoms with Crippen molar-refractivity contribution in [2.75, 3.05) is 5.32 Å². The highest BCUT2D eigenvalue weighted by atomic mass is 32.1. The molecular formula is C23H20N2O2S. The molecule has 0 aliphatic heterocycles. The van der Waals surface area contributed by atoms with Crippen molar-refractivity contribution in [2.45, 2.75) is 20.3 Å². The van der Waals surface area contributed by atoms with Gasteiger partial charge in [0, 0.05) is 29.0 Å². The van der Waals surface area contributed by atoms with Gasteiger partial charge in [-0.15, -0.1) is 11.3 Å². The minimum atomic E-state index is -0.229. The molecule has 5 heteroatoms. The van der Waals surface area contributed by atoms with Crippen LogP contribution in [0, 0.1) is 13.8 Å². The third-order valence-electron chi connectivity index (χ3n) is 4.34. The maximum Gasteiger partial charge on any atom is 0.250 e. The lowest BCUT2D eigenvalue weighted by molar-refractivity contribution is -0.111. The highest BCUT2D eigenvalue weighted by Gasteiger charge is 2.07. The van der Waals surface area contributed by atoms with Gasteiger partial charge in [0.25, 0.3) is 0 Å². The number of aryl methyl sites for hydroxylation is 2. The number of aromatic nitrogens is 1. The van der Waals surface area contributed by atoms with Gasteiger partial charge in [-0.2, -0.15) is 0 Å². The van der Waals surface area contributed by atoms with Crippen LogP contribution in [0.25, 0.3) is 17.0 Å². The van der Waals surface area contributed by atoms with Gasteiger partial charge < -0.3 is 4.42 Å². The van der Waals surface area contributed by atoms with E-state index in [1.54, 1.807) is 6.08 Å². The highest BCUT2D eigenvalue weighted by molar-refractivity contribution is 7.15. The first-order valence-corrected chi connectivity index (χ1v) is 9.86. The van der Waals surface area contributed by atoms with E-state index in [1.165, 1.54) is 28.5 Å². The predicted molar refractivity (Wildman–Crippen MR) is 115 cm³/mol. The van der Waals surface area contributed by atoms with Crippen molar-refractivity contribution < 1.29 is 9.21 Å². The molecule has 0 radical (unpaired) electrons. The topological polar surface area (TPSA) is 55.1 Å². The van der Waals surface area contributed by atoms with Gasteiger partial charge in [0.05, 0.1) is 0 Å². The number of rotatable bonds is 5. The van der Waals surface area contributed by atoms with Crippen LogP contribution in [0.2, 0.25) is 0 Å². The summed E-state index contributed by atoms with van der Waals surface area (Å²) in [6.45, 7) is 4.10. The molecular weight excluding hydrogens is 368 g/mol. The molecule has 2 aromatic heterocycles. The molecule has 0 aliphatic carbocycles. The fourth-order valence-electron chi connectivity index (χ4n) is 3.02. The second kappa shape index (κ2) is 7.82. The number of nitrogens with zero attached hydrogens (tertiary/aromatic N) is 1. The van der Waals surface area contributed by atoms with Crippen LogP contribution in [0.3, 0.4) is 0 Å². The van der Waals surface area contributed by atoms with Crippen LogP contribution in [-0.4, -0.2) is 10.9 Å². The molecule has 0 spiro atoms. The third kappa shape index (κ3) is 4.38. The monoisotopic (exact) mass is 388 g/mol. The Morgan fingerprint density at radius 1 is 1.14 bits per heavy atom. The second-order valence-electron chi connectivity index (χ2n) is 6.81. The van der Waals surface area contributed by atoms with Crippen molar-refractivity contribution in [3.8, 4) is 0 Å². The van der Waals surface area contributed by atoms with Crippen LogP contribution in [0.15, 0.2) is 65.2 Å². The van der Waals surface area contributed by atoms with E-state index >= 15 is 0 Å². The number of carbonyl (C=O) groups is 1. The van der Waals surface area contributed by atoms with E-state index in [9.17, 15) is 4.79 Å². The summed E-state index contributed by atoms with van der Waals surface area (Å²) in [6, 6.07) is 16.3. The summed E-state index contributed by atoms with van der Waals surface area (Å²) in [4.78, 5) is 17.6. The predicted octanol–water partition coefficient (Wildman–Crippen LogP) is 5.75. The number of benzene rings is 2. The Balaban J connectivity index is 1.39. The lowest BCUT2D eigenvalue weighted by Gasteiger charge is -1.99. The van der Waals surface area contributed by atoms with Crippen molar-refractivity contribution in [3.05, 3.63) is 88.1 Å². The summed E-state index contributed by atoms with van der Waals surface area (Å²) in [5.74, 6) is 0.420. The maximum atomic E-state index is 12.2. The molecule has 4 nitrogen and oxygen atoms in total. The minimum absolute atomic E-state index is 0.229. The lowest BCUT2D eigenvalue weighted by atomic mass is 10.1. The Morgan fingerprint density at radius 2 is 2.00 bits per heavy atom. The number of anilines is 1. The van der Waals surface area contributed by atoms with Gasteiger partial charge in [-0.3, -0.25) is 10.1 Å². The number of fused-ring (bicyclic) bond motifs is 1. The molecule has 1 amide bonds. The molecule has 28 heavy (non-hydrogen) atoms. The van der Waals surface area contributed by atoms with Crippen LogP contribution >= 0.6 is 11.3 Å². The standard InChI is InChI=1S/C23H20N2O2S/c1-15-4-3-5-17(10-15)12-20-14-24-23(28-20)25-22(26)9-8-19-13-18-7-6-16(2)11-21(18)27-19/h3-11,13-14H,12H2,1-2H3,(H,24,25,26). The second-order valence-corrected chi connectivity index (χ2v) is 7.93. The molecule has 0 saturated heterocycles. The number of hydrogen-bond donors (Lipinski definition) is 1. The summed E-state index contributed by atoms with van der Waals surface area (Å²) in [5.41, 5.74) is 4.43. The zero-order chi connectivity index (χ0) is 19.5. The molecule has 2 heterocycles. The van der Waals surface area contributed by atoms with Gasteiger partial charge in [0.15, 0.2) is 5.13 Å². The summed E-state index contributed by atoms with van der Waals surface area (Å²) < 4.78 is 5.75. The fraction of sp³-hybridized carbons (Fsp3) is 0.130. The van der Waals surface area contributed by atoms with Crippen molar-refractivity contribution >= 4 is 39.4 Å². The molecule has 0 atom stereocenters. The molecule has 140 valence electrons. The van der Waals surface area contributed by atoms with Gasteiger partial charge in [-0.25, -0.2) is 4.98 Å². The van der Waals surface area contributed by atoms with E-state index in [4.69, 9.17) is 4.42 Å². The summed E-state index contributed by atoms with van der Waals surface area (Å²) in [5, 5.41) is 4.43. The van der Waals surface area contributed by atoms with Gasteiger partial charge in [0.2, 0.25) is 5.91 Å². The third-order valence-corrected chi connectivity index (χ3v) is 5.25. The Bertz CT molecular complexity index is 1170. The van der Waals surface area contributed by atoms with Crippen LogP contribution in [0.4, 0.5) is 5.13 Å². The Labute approximate surface area is 167 Å². The van der Waals surface area contributed by atoms with E-state index < -0.39 is 0 Å². The molecule has 0 saturated carbocycles. The molecule has 1 N–H and O–H groups in total. The van der Waals surface area contributed by atoms with Crippen molar-refractivity contribution in [3.63, 3.8) is 0 Å². The smallest absolute Gasteiger partial charge is 0.250 e. The van der Waals surface area contributed by atoms with Gasteiger partial charge in [0.1, 0.15) is 11.3 Å². The zero-order valence-corrected chi connectivity index (χ0v) is 16.5. The molecule has 0 unspecified atom stereocenters. The molecule has 0 fully saturated rings. The van der Waals surface area contributed by atoms with E-state index in [-0.39, 0.29) is 5.91 Å². The van der Waals surface area contributed by atoms with E-state index in [1.807, 2.05) is 37.4 Å². The SMILES string of the molecule is Cc1cccc(Cc2cnc(NC(=O)C=Cc3cc4ccc(C)cc4o3)s2)c1. The fourth-order valence-corrected chi connectivity index (χ4v) is 3.87. The zero-order valence-electron chi connectivity index (χ0n) is 15.7. The molecule has 4 aromatic rings. The number of furan rings is 1. The summed E-state index contributed by atoms with van der Waals surface area (Å²) in [6.07, 6.45) is 5.76. The van der Waals surface area contributed by atoms with Crippen LogP contribution in [0.5, 0.6) is 0 Å². The van der Waals surface area contributed by atoms with Crippen LogP contribution in [-0.2, 0) is 11.2 Å². The first kappa shape index (κ1) is 18.2. The van der Waals surface area contributed by atoms with Crippen molar-refractivity contribution in [1.82, 2.24) is 4.98 Å². The molecule has 0 bridgehead atoms. The number of amides is 1. The number of carbonyl (C=O) groups excluding carboxylic acids is 1. The van der Waals surface area contributed by atoms with Crippen LogP contribution in [0.1, 0.15) is 27.3 Å². The Morgan fingerprint density at radius 3 is 2.86 bits per heavy atom. The molecule has 2 aromatic carbocycles. The first-order chi connectivity index (χ1) is 13.5. The summed E-state index contributed by atoms with van der Waals surface area (Å²) >= 11 is 1.49. The minimum Gasteiger partial charge on any atom is -0.457 e. The normalized spacial score (nSPS) is 11.4. The van der Waals surface area contributed by atoms with Crippen molar-refractivity contribution in [1.29, 1.82) is 0 Å². The average Bonchev–Trinajstić information content (AvgIpc) is 3.26. The number of hydrogen-bond acceptors (Lipinski definition) is 4. The maximum absolute atomic E-state index is 12.2. The van der Waals surface area contributed by atoms with E-state index in [0.717, 1.165) is 27.8 Å². The summed E-state index contributed by atoms with van der Waals surface area (Å²) in [7, 11) is 0. The van der Waals surface area contributed by atoms with Gasteiger partial charge >= 0.3 is 0 Å². The van der Waals surface area contributed by atoms with Crippen LogP contribution < -0.4 is 5.32 Å². The van der Waals surface area contributed by atoms with E-state index in [0.29, 0.717) is 10.9 Å². The lowest BCUT2D eigenvalue weighted by Crippen LogP contribution is -2.06. The highest BCUT2D eigenvalue weighted by Crippen LogP contribution is 2.23. The Hall–Kier alpha value is -3.18. The molecule has 4 rings (SSSR count). The van der Waals surface area contributed by atoms with Gasteiger partial charge in [-0.1, -0.05) is 42.0 Å². The number of nitrogens with one attached hydrogen (secondary N) is 1.